The third-order valence-corrected chi connectivity index (χ3v) is 2.80. The average molecular weight is 201 g/mol. The van der Waals surface area contributed by atoms with E-state index in [1.54, 1.807) is 6.92 Å². The highest BCUT2D eigenvalue weighted by Crippen LogP contribution is 2.17. The zero-order valence-electron chi connectivity index (χ0n) is 8.65. The number of hydrogen-bond acceptors (Lipinski definition) is 3. The average Bonchev–Trinajstić information content (AvgIpc) is 2.15. The van der Waals surface area contributed by atoms with E-state index in [1.165, 1.54) is 0 Å². The molecule has 0 amide bonds. The van der Waals surface area contributed by atoms with Crippen molar-refractivity contribution in [3.05, 3.63) is 0 Å². The van der Waals surface area contributed by atoms with Crippen molar-refractivity contribution in [3.63, 3.8) is 0 Å². The Kier molecular flexibility index (Phi) is 4.35. The van der Waals surface area contributed by atoms with Crippen LogP contribution in [0, 0.1) is 5.92 Å². The van der Waals surface area contributed by atoms with Crippen molar-refractivity contribution in [3.8, 4) is 0 Å². The molecule has 1 atom stereocenters. The number of rotatable bonds is 4. The van der Waals surface area contributed by atoms with E-state index in [0.29, 0.717) is 0 Å². The van der Waals surface area contributed by atoms with Gasteiger partial charge in [-0.05, 0) is 39.3 Å². The van der Waals surface area contributed by atoms with E-state index in [4.69, 9.17) is 10.2 Å². The van der Waals surface area contributed by atoms with E-state index in [0.717, 1.165) is 38.9 Å². The molecule has 4 heteroatoms. The molecular weight excluding hydrogens is 182 g/mol. The molecule has 0 aromatic rings. The molecular formula is C10H19NO3. The molecule has 1 aliphatic rings. The standard InChI is InChI=1S/C10H19NO3/c1-8(12)2-5-11-6-3-9(4-7-11)10(13)14/h8-9,12H,2-7H2,1H3,(H,13,14). The SMILES string of the molecule is CC(O)CCN1CCC(C(=O)O)CC1. The summed E-state index contributed by atoms with van der Waals surface area (Å²) in [6, 6.07) is 0. The van der Waals surface area contributed by atoms with E-state index in [9.17, 15) is 4.79 Å². The molecule has 82 valence electrons. The predicted octanol–water partition coefficient (Wildman–Crippen LogP) is 0.554. The summed E-state index contributed by atoms with van der Waals surface area (Å²) in [5.74, 6) is -0.821. The van der Waals surface area contributed by atoms with Gasteiger partial charge in [-0.15, -0.1) is 0 Å². The minimum Gasteiger partial charge on any atom is -0.481 e. The Morgan fingerprint density at radius 3 is 2.50 bits per heavy atom. The van der Waals surface area contributed by atoms with Crippen LogP contribution in [0.1, 0.15) is 26.2 Å². The first-order chi connectivity index (χ1) is 6.59. The summed E-state index contributed by atoms with van der Waals surface area (Å²) in [6.45, 7) is 4.36. The molecule has 4 nitrogen and oxygen atoms in total. The van der Waals surface area contributed by atoms with Crippen molar-refractivity contribution < 1.29 is 15.0 Å². The number of carboxylic acids is 1. The smallest absolute Gasteiger partial charge is 0.306 e. The van der Waals surface area contributed by atoms with E-state index < -0.39 is 5.97 Å². The quantitative estimate of drug-likeness (QED) is 0.697. The molecule has 0 radical (unpaired) electrons. The van der Waals surface area contributed by atoms with Crippen LogP contribution in [0.2, 0.25) is 0 Å². The largest absolute Gasteiger partial charge is 0.481 e. The normalized spacial score (nSPS) is 22.1. The van der Waals surface area contributed by atoms with Crippen molar-refractivity contribution in [2.45, 2.75) is 32.3 Å². The molecule has 1 heterocycles. The molecule has 0 saturated carbocycles. The molecule has 2 N–H and O–H groups in total. The molecule has 0 aliphatic carbocycles. The summed E-state index contributed by atoms with van der Waals surface area (Å²) in [6.07, 6.45) is 2.01. The summed E-state index contributed by atoms with van der Waals surface area (Å²) in [5, 5.41) is 17.9. The first kappa shape index (κ1) is 11.5. The number of aliphatic hydroxyl groups is 1. The summed E-state index contributed by atoms with van der Waals surface area (Å²) in [5.41, 5.74) is 0. The number of nitrogens with zero attached hydrogens (tertiary/aromatic N) is 1. The fraction of sp³-hybridized carbons (Fsp3) is 0.900. The third-order valence-electron chi connectivity index (χ3n) is 2.80. The second-order valence-electron chi connectivity index (χ2n) is 4.09. The second kappa shape index (κ2) is 5.32. The molecule has 1 aliphatic heterocycles. The molecule has 1 unspecified atom stereocenters. The Labute approximate surface area is 84.5 Å². The van der Waals surface area contributed by atoms with Crippen molar-refractivity contribution >= 4 is 5.97 Å². The van der Waals surface area contributed by atoms with Crippen molar-refractivity contribution in [1.82, 2.24) is 4.90 Å². The lowest BCUT2D eigenvalue weighted by Crippen LogP contribution is -2.37. The molecule has 0 spiro atoms. The van der Waals surface area contributed by atoms with E-state index in [-0.39, 0.29) is 12.0 Å². The number of hydrogen-bond donors (Lipinski definition) is 2. The van der Waals surface area contributed by atoms with Crippen LogP contribution in [0.5, 0.6) is 0 Å². The topological polar surface area (TPSA) is 60.8 Å². The van der Waals surface area contributed by atoms with Crippen molar-refractivity contribution in [1.29, 1.82) is 0 Å². The fourth-order valence-corrected chi connectivity index (χ4v) is 1.77. The Morgan fingerprint density at radius 2 is 2.07 bits per heavy atom. The molecule has 14 heavy (non-hydrogen) atoms. The van der Waals surface area contributed by atoms with Gasteiger partial charge in [0, 0.05) is 6.54 Å². The van der Waals surface area contributed by atoms with Gasteiger partial charge in [-0.2, -0.15) is 0 Å². The van der Waals surface area contributed by atoms with Gasteiger partial charge in [0.1, 0.15) is 0 Å². The van der Waals surface area contributed by atoms with Gasteiger partial charge in [-0.3, -0.25) is 4.79 Å². The molecule has 0 aromatic carbocycles. The Morgan fingerprint density at radius 1 is 1.50 bits per heavy atom. The van der Waals surface area contributed by atoms with Gasteiger partial charge in [-0.25, -0.2) is 0 Å². The molecule has 1 fully saturated rings. The second-order valence-corrected chi connectivity index (χ2v) is 4.09. The monoisotopic (exact) mass is 201 g/mol. The molecule has 1 saturated heterocycles. The minimum absolute atomic E-state index is 0.155. The Hall–Kier alpha value is -0.610. The zero-order chi connectivity index (χ0) is 10.6. The van der Waals surface area contributed by atoms with Crippen LogP contribution in [0.4, 0.5) is 0 Å². The van der Waals surface area contributed by atoms with Gasteiger partial charge in [0.2, 0.25) is 0 Å². The van der Waals surface area contributed by atoms with Gasteiger partial charge in [0.15, 0.2) is 0 Å². The molecule has 0 aromatic heterocycles. The van der Waals surface area contributed by atoms with Gasteiger partial charge in [0.25, 0.3) is 0 Å². The lowest BCUT2D eigenvalue weighted by atomic mass is 9.97. The number of aliphatic hydroxyl groups excluding tert-OH is 1. The van der Waals surface area contributed by atoms with E-state index in [2.05, 4.69) is 4.90 Å². The lowest BCUT2D eigenvalue weighted by Gasteiger charge is -2.30. The minimum atomic E-state index is -0.667. The highest BCUT2D eigenvalue weighted by atomic mass is 16.4. The van der Waals surface area contributed by atoms with Crippen LogP contribution in [0.15, 0.2) is 0 Å². The van der Waals surface area contributed by atoms with Gasteiger partial charge in [0.05, 0.1) is 12.0 Å². The van der Waals surface area contributed by atoms with Crippen molar-refractivity contribution in [2.75, 3.05) is 19.6 Å². The van der Waals surface area contributed by atoms with Gasteiger partial charge < -0.3 is 15.1 Å². The number of carboxylic acid groups (broad SMARTS) is 1. The maximum absolute atomic E-state index is 10.7. The lowest BCUT2D eigenvalue weighted by molar-refractivity contribution is -0.143. The van der Waals surface area contributed by atoms with Crippen LogP contribution in [0.25, 0.3) is 0 Å². The summed E-state index contributed by atoms with van der Waals surface area (Å²) < 4.78 is 0. The van der Waals surface area contributed by atoms with E-state index >= 15 is 0 Å². The number of likely N-dealkylation sites (tertiary alicyclic amines) is 1. The first-order valence-corrected chi connectivity index (χ1v) is 5.23. The van der Waals surface area contributed by atoms with Gasteiger partial charge >= 0.3 is 5.97 Å². The fourth-order valence-electron chi connectivity index (χ4n) is 1.77. The van der Waals surface area contributed by atoms with Gasteiger partial charge in [-0.1, -0.05) is 0 Å². The van der Waals surface area contributed by atoms with Crippen molar-refractivity contribution in [2.24, 2.45) is 5.92 Å². The third kappa shape index (κ3) is 3.64. The highest BCUT2D eigenvalue weighted by Gasteiger charge is 2.23. The number of carbonyl (C=O) groups is 1. The maximum atomic E-state index is 10.7. The summed E-state index contributed by atoms with van der Waals surface area (Å²) >= 11 is 0. The van der Waals surface area contributed by atoms with E-state index in [1.807, 2.05) is 0 Å². The first-order valence-electron chi connectivity index (χ1n) is 5.23. The summed E-state index contributed by atoms with van der Waals surface area (Å²) in [7, 11) is 0. The van der Waals surface area contributed by atoms with Crippen LogP contribution < -0.4 is 0 Å². The molecule has 1 rings (SSSR count). The van der Waals surface area contributed by atoms with Crippen LogP contribution in [0.3, 0.4) is 0 Å². The Bertz CT molecular complexity index is 186. The van der Waals surface area contributed by atoms with Crippen LogP contribution >= 0.6 is 0 Å². The van der Waals surface area contributed by atoms with Crippen LogP contribution in [-0.2, 0) is 4.79 Å². The molecule has 0 bridgehead atoms. The zero-order valence-corrected chi connectivity index (χ0v) is 8.65. The maximum Gasteiger partial charge on any atom is 0.306 e. The number of piperidine rings is 1. The van der Waals surface area contributed by atoms with Crippen LogP contribution in [-0.4, -0.2) is 46.8 Å². The number of aliphatic carboxylic acids is 1. The highest BCUT2D eigenvalue weighted by molar-refractivity contribution is 5.70. The Balaban J connectivity index is 2.19. The summed E-state index contributed by atoms with van der Waals surface area (Å²) in [4.78, 5) is 12.9. The predicted molar refractivity (Wildman–Crippen MR) is 53.1 cm³/mol.